The largest absolute Gasteiger partial charge is 0.330 e. The quantitative estimate of drug-likeness (QED) is 0.471. The second-order valence-corrected chi connectivity index (χ2v) is 6.66. The van der Waals surface area contributed by atoms with E-state index in [1.165, 1.54) is 6.07 Å². The van der Waals surface area contributed by atoms with E-state index in [4.69, 9.17) is 0 Å². The first-order valence-electron chi connectivity index (χ1n) is 8.94. The summed E-state index contributed by atoms with van der Waals surface area (Å²) in [5.74, 6) is -0.242. The normalized spacial score (nSPS) is 10.5. The predicted molar refractivity (Wildman–Crippen MR) is 107 cm³/mol. The van der Waals surface area contributed by atoms with Crippen molar-refractivity contribution in [1.29, 1.82) is 0 Å². The van der Waals surface area contributed by atoms with Crippen LogP contribution in [0.15, 0.2) is 67.0 Å². The fraction of sp³-hybridized carbons (Fsp3) is 0.182. The molecule has 0 bridgehead atoms. The van der Waals surface area contributed by atoms with E-state index in [-0.39, 0.29) is 11.6 Å². The number of nitro benzene ring substituents is 1. The number of benzene rings is 2. The molecule has 1 heterocycles. The van der Waals surface area contributed by atoms with Crippen LogP contribution in [0.2, 0.25) is 0 Å². The topological polar surface area (TPSA) is 76.3 Å². The molecular weight excluding hydrogens is 354 g/mol. The number of amides is 1. The summed E-state index contributed by atoms with van der Waals surface area (Å²) in [5.41, 5.74) is 3.67. The van der Waals surface area contributed by atoms with Crippen molar-refractivity contribution in [2.75, 3.05) is 0 Å². The number of aromatic nitrogens is 1. The van der Waals surface area contributed by atoms with Gasteiger partial charge in [-0.1, -0.05) is 36.4 Å². The molecule has 0 aliphatic heterocycles. The maximum Gasteiger partial charge on any atom is 0.273 e. The van der Waals surface area contributed by atoms with Crippen LogP contribution in [0.3, 0.4) is 0 Å². The Balaban J connectivity index is 1.98. The number of nitro groups is 1. The molecular formula is C22H21N3O3. The third kappa shape index (κ3) is 4.23. The lowest BCUT2D eigenvalue weighted by Crippen LogP contribution is -2.31. The molecule has 6 heteroatoms. The van der Waals surface area contributed by atoms with E-state index in [0.717, 1.165) is 16.7 Å². The number of hydrogen-bond acceptors (Lipinski definition) is 4. The van der Waals surface area contributed by atoms with Crippen molar-refractivity contribution in [1.82, 2.24) is 9.88 Å². The van der Waals surface area contributed by atoms with Gasteiger partial charge in [0.1, 0.15) is 0 Å². The van der Waals surface area contributed by atoms with Crippen molar-refractivity contribution in [3.05, 3.63) is 105 Å². The average Bonchev–Trinajstić information content (AvgIpc) is 2.69. The van der Waals surface area contributed by atoms with Crippen LogP contribution >= 0.6 is 0 Å². The smallest absolute Gasteiger partial charge is 0.273 e. The molecule has 0 aliphatic rings. The second kappa shape index (κ2) is 8.43. The fourth-order valence-corrected chi connectivity index (χ4v) is 3.13. The van der Waals surface area contributed by atoms with Crippen LogP contribution in [0.25, 0.3) is 0 Å². The van der Waals surface area contributed by atoms with Crippen LogP contribution < -0.4 is 0 Å². The minimum absolute atomic E-state index is 0.0527. The van der Waals surface area contributed by atoms with Crippen LogP contribution in [0.4, 0.5) is 5.69 Å². The molecule has 0 fully saturated rings. The molecule has 2 aromatic carbocycles. The number of carbonyl (C=O) groups excluding carboxylic acids is 1. The third-order valence-electron chi connectivity index (χ3n) is 4.74. The lowest BCUT2D eigenvalue weighted by atomic mass is 10.0. The minimum Gasteiger partial charge on any atom is -0.330 e. The van der Waals surface area contributed by atoms with Crippen molar-refractivity contribution in [2.24, 2.45) is 0 Å². The molecule has 0 radical (unpaired) electrons. The van der Waals surface area contributed by atoms with E-state index in [1.807, 2.05) is 43.3 Å². The van der Waals surface area contributed by atoms with Gasteiger partial charge in [-0.2, -0.15) is 0 Å². The highest BCUT2D eigenvalue weighted by atomic mass is 16.6. The average molecular weight is 375 g/mol. The summed E-state index contributed by atoms with van der Waals surface area (Å²) in [7, 11) is 0. The number of nitrogens with zero attached hydrogens (tertiary/aromatic N) is 3. The molecule has 3 aromatic rings. The maximum absolute atomic E-state index is 13.3. The molecule has 6 nitrogen and oxygen atoms in total. The number of pyridine rings is 1. The predicted octanol–water partition coefficient (Wildman–Crippen LogP) is 4.45. The Bertz CT molecular complexity index is 1000. The number of carbonyl (C=O) groups is 1. The summed E-state index contributed by atoms with van der Waals surface area (Å²) in [5, 5.41) is 11.3. The van der Waals surface area contributed by atoms with E-state index in [0.29, 0.717) is 24.2 Å². The Hall–Kier alpha value is -3.54. The first kappa shape index (κ1) is 19.2. The molecule has 0 unspecified atom stereocenters. The van der Waals surface area contributed by atoms with E-state index >= 15 is 0 Å². The SMILES string of the molecule is Cc1ccccc1CN(Cc1cccnc1)C(=O)c1cccc([N+](=O)[O-])c1C. The lowest BCUT2D eigenvalue weighted by Gasteiger charge is -2.24. The summed E-state index contributed by atoms with van der Waals surface area (Å²) in [6.07, 6.45) is 3.40. The Kier molecular flexibility index (Phi) is 5.79. The van der Waals surface area contributed by atoms with Crippen LogP contribution in [0.1, 0.15) is 32.6 Å². The maximum atomic E-state index is 13.3. The van der Waals surface area contributed by atoms with Crippen LogP contribution in [-0.4, -0.2) is 20.7 Å². The van der Waals surface area contributed by atoms with E-state index in [9.17, 15) is 14.9 Å². The minimum atomic E-state index is -0.459. The highest BCUT2D eigenvalue weighted by Crippen LogP contribution is 2.24. The molecule has 142 valence electrons. The van der Waals surface area contributed by atoms with E-state index in [1.54, 1.807) is 36.4 Å². The van der Waals surface area contributed by atoms with Crippen LogP contribution in [0, 0.1) is 24.0 Å². The number of aryl methyl sites for hydroxylation is 1. The van der Waals surface area contributed by atoms with Gasteiger partial charge in [-0.15, -0.1) is 0 Å². The number of hydrogen-bond donors (Lipinski definition) is 0. The van der Waals surface area contributed by atoms with Crippen LogP contribution in [-0.2, 0) is 13.1 Å². The third-order valence-corrected chi connectivity index (χ3v) is 4.74. The molecule has 0 N–H and O–H groups in total. The van der Waals surface area contributed by atoms with Crippen molar-refractivity contribution in [3.63, 3.8) is 0 Å². The van der Waals surface area contributed by atoms with Gasteiger partial charge in [-0.25, -0.2) is 0 Å². The zero-order chi connectivity index (χ0) is 20.1. The van der Waals surface area contributed by atoms with Gasteiger partial charge in [0.2, 0.25) is 0 Å². The van der Waals surface area contributed by atoms with E-state index < -0.39 is 4.92 Å². The monoisotopic (exact) mass is 375 g/mol. The van der Waals surface area contributed by atoms with Crippen molar-refractivity contribution < 1.29 is 9.72 Å². The van der Waals surface area contributed by atoms with Gasteiger partial charge in [0, 0.05) is 42.7 Å². The molecule has 1 amide bonds. The Morgan fingerprint density at radius 2 is 1.82 bits per heavy atom. The van der Waals surface area contributed by atoms with Crippen molar-refractivity contribution in [2.45, 2.75) is 26.9 Å². The molecule has 0 saturated carbocycles. The Morgan fingerprint density at radius 3 is 2.50 bits per heavy atom. The molecule has 3 rings (SSSR count). The summed E-state index contributed by atoms with van der Waals surface area (Å²) in [6.45, 7) is 4.38. The van der Waals surface area contributed by atoms with Crippen molar-refractivity contribution in [3.8, 4) is 0 Å². The van der Waals surface area contributed by atoms with Crippen LogP contribution in [0.5, 0.6) is 0 Å². The van der Waals surface area contributed by atoms with Gasteiger partial charge < -0.3 is 4.90 Å². The molecule has 28 heavy (non-hydrogen) atoms. The van der Waals surface area contributed by atoms with Crippen molar-refractivity contribution >= 4 is 11.6 Å². The summed E-state index contributed by atoms with van der Waals surface area (Å²) in [4.78, 5) is 30.0. The van der Waals surface area contributed by atoms with Gasteiger partial charge in [0.15, 0.2) is 0 Å². The zero-order valence-corrected chi connectivity index (χ0v) is 15.8. The Labute approximate surface area is 163 Å². The zero-order valence-electron chi connectivity index (χ0n) is 15.8. The van der Waals surface area contributed by atoms with Gasteiger partial charge in [0.05, 0.1) is 4.92 Å². The Morgan fingerprint density at radius 1 is 1.04 bits per heavy atom. The highest BCUT2D eigenvalue weighted by molar-refractivity contribution is 5.96. The van der Waals surface area contributed by atoms with Gasteiger partial charge in [-0.05, 0) is 42.7 Å². The highest BCUT2D eigenvalue weighted by Gasteiger charge is 2.23. The first-order chi connectivity index (χ1) is 13.5. The van der Waals surface area contributed by atoms with Gasteiger partial charge in [0.25, 0.3) is 11.6 Å². The second-order valence-electron chi connectivity index (χ2n) is 6.66. The molecule has 0 atom stereocenters. The summed E-state index contributed by atoms with van der Waals surface area (Å²) < 4.78 is 0. The summed E-state index contributed by atoms with van der Waals surface area (Å²) >= 11 is 0. The van der Waals surface area contributed by atoms with E-state index in [2.05, 4.69) is 4.98 Å². The fourth-order valence-electron chi connectivity index (χ4n) is 3.13. The molecule has 1 aromatic heterocycles. The van der Waals surface area contributed by atoms with Gasteiger partial charge in [-0.3, -0.25) is 19.9 Å². The molecule has 0 saturated heterocycles. The summed E-state index contributed by atoms with van der Waals surface area (Å²) in [6, 6.07) is 16.2. The lowest BCUT2D eigenvalue weighted by molar-refractivity contribution is -0.385. The molecule has 0 aliphatic carbocycles. The standard InChI is InChI=1S/C22H21N3O3/c1-16-7-3-4-9-19(16)15-24(14-18-8-6-12-23-13-18)22(26)20-10-5-11-21(17(20)2)25(27)28/h3-13H,14-15H2,1-2H3. The first-order valence-corrected chi connectivity index (χ1v) is 8.94. The number of rotatable bonds is 6. The van der Waals surface area contributed by atoms with Gasteiger partial charge >= 0.3 is 0 Å². The molecule has 0 spiro atoms.